The van der Waals surface area contributed by atoms with Crippen LogP contribution in [0.4, 0.5) is 5.69 Å². The summed E-state index contributed by atoms with van der Waals surface area (Å²) in [5.74, 6) is -0.624. The van der Waals surface area contributed by atoms with Crippen LogP contribution in [0.1, 0.15) is 0 Å². The van der Waals surface area contributed by atoms with Gasteiger partial charge in [-0.1, -0.05) is 18.2 Å². The molecular weight excluding hydrogens is 446 g/mol. The van der Waals surface area contributed by atoms with Crippen LogP contribution in [0, 0.1) is 0 Å². The van der Waals surface area contributed by atoms with Gasteiger partial charge in [0.2, 0.25) is 0 Å². The third-order valence-electron chi connectivity index (χ3n) is 3.87. The third kappa shape index (κ3) is 4.18. The Morgan fingerprint density at radius 2 is 1.38 bits per heavy atom. The van der Waals surface area contributed by atoms with E-state index < -0.39 is 51.6 Å². The van der Waals surface area contributed by atoms with E-state index in [2.05, 4.69) is 0 Å². The van der Waals surface area contributed by atoms with Crippen LogP contribution in [-0.4, -0.2) is 34.4 Å². The summed E-state index contributed by atoms with van der Waals surface area (Å²) in [7, 11) is -14.0. The van der Waals surface area contributed by atoms with Crippen LogP contribution < -0.4 is 9.92 Å². The van der Waals surface area contributed by atoms with E-state index in [0.29, 0.717) is 0 Å². The van der Waals surface area contributed by atoms with Crippen LogP contribution >= 0.6 is 0 Å². The maximum Gasteiger partial charge on any atom is 0.339 e. The monoisotopic (exact) mass is 459 g/mol. The maximum atomic E-state index is 12.6. The number of rotatable bonds is 5. The fourth-order valence-corrected chi connectivity index (χ4v) is 4.70. The van der Waals surface area contributed by atoms with E-state index >= 15 is 0 Å². The summed E-state index contributed by atoms with van der Waals surface area (Å²) in [5.41, 5.74) is 5.05. The molecule has 0 aliphatic carbocycles. The zero-order valence-electron chi connectivity index (χ0n) is 14.3. The normalized spacial score (nSPS) is 12.8. The second-order valence-electron chi connectivity index (χ2n) is 5.80. The standard InChI is InChI=1S/C16H13NO9S3/c17-15-14(28(21,22)23)9-10-8-12(27(18,19)20)6-7-13(10)16(15)26-29(24,25)11-4-2-1-3-5-11/h1-9H,17H2,(H,18,19,20)(H,21,22,23). The van der Waals surface area contributed by atoms with Gasteiger partial charge in [0.25, 0.3) is 20.2 Å². The van der Waals surface area contributed by atoms with Crippen LogP contribution in [0.3, 0.4) is 0 Å². The minimum atomic E-state index is -4.93. The van der Waals surface area contributed by atoms with Crippen molar-refractivity contribution in [1.82, 2.24) is 0 Å². The molecule has 0 fully saturated rings. The molecule has 0 radical (unpaired) electrons. The Balaban J connectivity index is 2.34. The number of hydrogen-bond donors (Lipinski definition) is 3. The lowest BCUT2D eigenvalue weighted by atomic mass is 10.1. The van der Waals surface area contributed by atoms with E-state index in [1.54, 1.807) is 6.07 Å². The van der Waals surface area contributed by atoms with Gasteiger partial charge in [0.15, 0.2) is 5.75 Å². The molecule has 4 N–H and O–H groups in total. The SMILES string of the molecule is Nc1c(S(=O)(=O)O)cc2cc(S(=O)(=O)O)ccc2c1OS(=O)(=O)c1ccccc1. The smallest absolute Gasteiger partial charge is 0.339 e. The summed E-state index contributed by atoms with van der Waals surface area (Å²) in [5, 5.41) is -0.234. The lowest BCUT2D eigenvalue weighted by Gasteiger charge is -2.15. The second-order valence-corrected chi connectivity index (χ2v) is 10.2. The molecule has 3 aromatic rings. The van der Waals surface area contributed by atoms with Gasteiger partial charge in [0.1, 0.15) is 9.79 Å². The lowest BCUT2D eigenvalue weighted by Crippen LogP contribution is -2.13. The first-order valence-corrected chi connectivity index (χ1v) is 11.9. The van der Waals surface area contributed by atoms with E-state index in [1.807, 2.05) is 0 Å². The number of nitrogens with two attached hydrogens (primary N) is 1. The fraction of sp³-hybridized carbons (Fsp3) is 0. The Hall–Kier alpha value is -2.71. The maximum absolute atomic E-state index is 12.6. The van der Waals surface area contributed by atoms with Crippen molar-refractivity contribution in [3.05, 3.63) is 54.6 Å². The minimum Gasteiger partial charge on any atom is -0.395 e. The van der Waals surface area contributed by atoms with Gasteiger partial charge >= 0.3 is 10.1 Å². The largest absolute Gasteiger partial charge is 0.395 e. The molecule has 0 spiro atoms. The first-order valence-electron chi connectivity index (χ1n) is 7.61. The van der Waals surface area contributed by atoms with E-state index in [9.17, 15) is 34.4 Å². The summed E-state index contributed by atoms with van der Waals surface area (Å²) in [4.78, 5) is -1.73. The first-order chi connectivity index (χ1) is 13.3. The molecule has 0 aliphatic heterocycles. The van der Waals surface area contributed by atoms with Crippen LogP contribution in [0.15, 0.2) is 69.3 Å². The summed E-state index contributed by atoms with van der Waals surface area (Å²) in [6.45, 7) is 0. The van der Waals surface area contributed by atoms with Gasteiger partial charge in [-0.05, 0) is 41.8 Å². The van der Waals surface area contributed by atoms with Crippen molar-refractivity contribution in [3.63, 3.8) is 0 Å². The average Bonchev–Trinajstić information content (AvgIpc) is 2.62. The van der Waals surface area contributed by atoms with Crippen LogP contribution in [0.2, 0.25) is 0 Å². The second kappa shape index (κ2) is 6.96. The highest BCUT2D eigenvalue weighted by Gasteiger charge is 2.26. The predicted octanol–water partition coefficient (Wildman–Crippen LogP) is 1.68. The molecule has 0 saturated heterocycles. The molecule has 3 rings (SSSR count). The van der Waals surface area contributed by atoms with Crippen molar-refractivity contribution in [1.29, 1.82) is 0 Å². The quantitative estimate of drug-likeness (QED) is 0.289. The van der Waals surface area contributed by atoms with E-state index in [1.165, 1.54) is 24.3 Å². The average molecular weight is 459 g/mol. The fourth-order valence-electron chi connectivity index (χ4n) is 2.55. The van der Waals surface area contributed by atoms with Crippen LogP contribution in [0.5, 0.6) is 5.75 Å². The van der Waals surface area contributed by atoms with Crippen LogP contribution in [-0.2, 0) is 30.4 Å². The number of hydrogen-bond acceptors (Lipinski definition) is 8. The van der Waals surface area contributed by atoms with Crippen LogP contribution in [0.25, 0.3) is 10.8 Å². The number of fused-ring (bicyclic) bond motifs is 1. The highest BCUT2D eigenvalue weighted by molar-refractivity contribution is 7.87. The number of anilines is 1. The topological polar surface area (TPSA) is 178 Å². The molecular formula is C16H13NO9S3. The summed E-state index contributed by atoms with van der Waals surface area (Å²) >= 11 is 0. The highest BCUT2D eigenvalue weighted by atomic mass is 32.2. The van der Waals surface area contributed by atoms with Gasteiger partial charge < -0.3 is 9.92 Å². The van der Waals surface area contributed by atoms with Gasteiger partial charge in [-0.2, -0.15) is 25.3 Å². The highest BCUT2D eigenvalue weighted by Crippen LogP contribution is 2.39. The molecule has 0 bridgehead atoms. The molecule has 0 aromatic heterocycles. The number of nitrogen functional groups attached to an aromatic ring is 1. The Labute approximate surface area is 166 Å². The molecule has 0 unspecified atom stereocenters. The predicted molar refractivity (Wildman–Crippen MR) is 102 cm³/mol. The molecule has 0 saturated carbocycles. The van der Waals surface area contributed by atoms with E-state index in [4.69, 9.17) is 9.92 Å². The minimum absolute atomic E-state index is 0.0678. The molecule has 154 valence electrons. The van der Waals surface area contributed by atoms with Crippen molar-refractivity contribution in [2.24, 2.45) is 0 Å². The molecule has 10 nitrogen and oxygen atoms in total. The summed E-state index contributed by atoms with van der Waals surface area (Å²) < 4.78 is 94.8. The van der Waals surface area contributed by atoms with Gasteiger partial charge in [-0.3, -0.25) is 9.11 Å². The Bertz CT molecular complexity index is 1430. The van der Waals surface area contributed by atoms with Gasteiger partial charge in [-0.15, -0.1) is 0 Å². The third-order valence-corrected chi connectivity index (χ3v) is 6.84. The van der Waals surface area contributed by atoms with Crippen molar-refractivity contribution in [2.45, 2.75) is 14.7 Å². The van der Waals surface area contributed by atoms with Crippen molar-refractivity contribution >= 4 is 46.8 Å². The molecule has 0 amide bonds. The molecule has 0 aliphatic rings. The van der Waals surface area contributed by atoms with Crippen molar-refractivity contribution in [3.8, 4) is 5.75 Å². The van der Waals surface area contributed by atoms with Gasteiger partial charge in [0.05, 0.1) is 10.6 Å². The Morgan fingerprint density at radius 1 is 0.759 bits per heavy atom. The van der Waals surface area contributed by atoms with Gasteiger partial charge in [0, 0.05) is 5.39 Å². The Morgan fingerprint density at radius 3 is 1.93 bits per heavy atom. The number of benzene rings is 3. The lowest BCUT2D eigenvalue weighted by molar-refractivity contribution is 0.478. The molecule has 0 atom stereocenters. The molecule has 29 heavy (non-hydrogen) atoms. The summed E-state index contributed by atoms with van der Waals surface area (Å²) in [6, 6.07) is 10.6. The zero-order chi connectivity index (χ0) is 21.6. The molecule has 3 aromatic carbocycles. The zero-order valence-corrected chi connectivity index (χ0v) is 16.7. The molecule has 13 heteroatoms. The van der Waals surface area contributed by atoms with Crippen molar-refractivity contribution < 1.29 is 38.5 Å². The Kier molecular flexibility index (Phi) is 5.04. The van der Waals surface area contributed by atoms with Crippen molar-refractivity contribution in [2.75, 3.05) is 5.73 Å². The first kappa shape index (κ1) is 21.0. The van der Waals surface area contributed by atoms with E-state index in [-0.39, 0.29) is 15.7 Å². The van der Waals surface area contributed by atoms with Gasteiger partial charge in [-0.25, -0.2) is 0 Å². The molecule has 0 heterocycles. The summed E-state index contributed by atoms with van der Waals surface area (Å²) in [6.07, 6.45) is 0. The van der Waals surface area contributed by atoms with E-state index in [0.717, 1.165) is 24.3 Å².